The number of aromatic nitrogens is 1. The predicted molar refractivity (Wildman–Crippen MR) is 94.9 cm³/mol. The van der Waals surface area contributed by atoms with E-state index in [1.165, 1.54) is 17.2 Å². The summed E-state index contributed by atoms with van der Waals surface area (Å²) < 4.78 is 19.0. The largest absolute Gasteiger partial charge is 0.483 e. The second-order valence-electron chi connectivity index (χ2n) is 6.57. The van der Waals surface area contributed by atoms with E-state index in [-0.39, 0.29) is 43.5 Å². The number of hydrogen-bond donors (Lipinski definition) is 3. The van der Waals surface area contributed by atoms with E-state index >= 15 is 0 Å². The normalized spacial score (nSPS) is 22.6. The Bertz CT molecular complexity index is 683. The number of aliphatic hydroxyl groups is 1. The lowest BCUT2D eigenvalue weighted by Crippen LogP contribution is -2.53. The van der Waals surface area contributed by atoms with E-state index in [4.69, 9.17) is 14.6 Å². The summed E-state index contributed by atoms with van der Waals surface area (Å²) in [7, 11) is 0. The summed E-state index contributed by atoms with van der Waals surface area (Å²) in [6.07, 6.45) is 3.28. The number of halogens is 1. The van der Waals surface area contributed by atoms with E-state index in [0.29, 0.717) is 13.2 Å². The Morgan fingerprint density at radius 3 is 2.64 bits per heavy atom. The molecule has 0 radical (unpaired) electrons. The second kappa shape index (κ2) is 10.7. The van der Waals surface area contributed by atoms with Crippen LogP contribution in [0.2, 0.25) is 0 Å². The highest BCUT2D eigenvalue weighted by Crippen LogP contribution is 2.21. The number of carbonyl (C=O) groups is 3. The highest BCUT2D eigenvalue weighted by atomic mass is 19.1. The zero-order valence-corrected chi connectivity index (χ0v) is 15.3. The van der Waals surface area contributed by atoms with Crippen LogP contribution in [0.3, 0.4) is 0 Å². The van der Waals surface area contributed by atoms with Gasteiger partial charge in [0.05, 0.1) is 23.8 Å². The maximum absolute atomic E-state index is 13.8. The lowest BCUT2D eigenvalue weighted by Gasteiger charge is -2.36. The highest BCUT2D eigenvalue weighted by Gasteiger charge is 2.36. The quantitative estimate of drug-likeness (QED) is 0.614. The molecule has 0 spiro atoms. The summed E-state index contributed by atoms with van der Waals surface area (Å²) >= 11 is 0. The number of carbonyl (C=O) groups excluding carboxylic acids is 2. The van der Waals surface area contributed by atoms with Crippen LogP contribution in [0.5, 0.6) is 0 Å². The molecule has 2 fully saturated rings. The second-order valence-corrected chi connectivity index (χ2v) is 6.57. The lowest BCUT2D eigenvalue weighted by molar-refractivity contribution is -0.132. The monoisotopic (exact) mass is 397 g/mol. The summed E-state index contributed by atoms with van der Waals surface area (Å²) in [5.74, 6) is -2.17. The van der Waals surface area contributed by atoms with Crippen LogP contribution in [0.25, 0.3) is 0 Å². The number of carboxylic acid groups (broad SMARTS) is 1. The zero-order chi connectivity index (χ0) is 20.5. The number of likely N-dealkylation sites (tertiary alicyclic amines) is 1. The van der Waals surface area contributed by atoms with Crippen molar-refractivity contribution >= 4 is 18.3 Å². The maximum Gasteiger partial charge on any atom is 0.290 e. The molecule has 9 nitrogen and oxygen atoms in total. The van der Waals surface area contributed by atoms with E-state index in [2.05, 4.69) is 10.3 Å². The molecule has 3 N–H and O–H groups in total. The Labute approximate surface area is 161 Å². The number of nitrogens with one attached hydrogen (secondary N) is 1. The minimum Gasteiger partial charge on any atom is -0.483 e. The first-order valence-electron chi connectivity index (χ1n) is 9.00. The molecule has 2 atom stereocenters. The van der Waals surface area contributed by atoms with Crippen molar-refractivity contribution in [2.24, 2.45) is 5.92 Å². The molecule has 1 aromatic heterocycles. The van der Waals surface area contributed by atoms with Crippen LogP contribution in [0.15, 0.2) is 18.5 Å². The first-order chi connectivity index (χ1) is 13.5. The molecule has 2 saturated heterocycles. The maximum atomic E-state index is 13.8. The molecule has 3 rings (SSSR count). The molecule has 154 valence electrons. The standard InChI is InChI=1S/C17H22FN3O4.CH2O2/c18-14-9-19-5-1-12(14)17(24)21-6-2-15(22)13(10-21)16(23)20-11-3-7-25-8-4-11;2-1-3/h1,5,9,11,13,15,22H,2-4,6-8,10H2,(H,20,23);1H,(H,2,3)/t13-,15+;/m0./s1. The van der Waals surface area contributed by atoms with Crippen molar-refractivity contribution in [3.05, 3.63) is 29.8 Å². The van der Waals surface area contributed by atoms with Gasteiger partial charge >= 0.3 is 0 Å². The number of amides is 2. The Morgan fingerprint density at radius 2 is 2.00 bits per heavy atom. The zero-order valence-electron chi connectivity index (χ0n) is 15.3. The van der Waals surface area contributed by atoms with Crippen LogP contribution in [0.1, 0.15) is 29.6 Å². The van der Waals surface area contributed by atoms with E-state index in [9.17, 15) is 19.1 Å². The van der Waals surface area contributed by atoms with Crippen molar-refractivity contribution in [1.82, 2.24) is 15.2 Å². The van der Waals surface area contributed by atoms with Gasteiger partial charge in [0, 0.05) is 38.5 Å². The molecule has 3 heterocycles. The molecule has 2 aliphatic rings. The summed E-state index contributed by atoms with van der Waals surface area (Å²) in [6.45, 7) is 1.30. The molecule has 1 aromatic rings. The first-order valence-corrected chi connectivity index (χ1v) is 9.00. The fraction of sp³-hybridized carbons (Fsp3) is 0.556. The molecule has 0 bridgehead atoms. The number of aliphatic hydroxyl groups excluding tert-OH is 1. The van der Waals surface area contributed by atoms with Gasteiger partial charge in [-0.15, -0.1) is 0 Å². The van der Waals surface area contributed by atoms with Gasteiger partial charge in [0.1, 0.15) is 0 Å². The summed E-state index contributed by atoms with van der Waals surface area (Å²) in [5, 5.41) is 20.0. The van der Waals surface area contributed by atoms with Crippen LogP contribution in [0, 0.1) is 11.7 Å². The van der Waals surface area contributed by atoms with Crippen LogP contribution in [0.4, 0.5) is 4.39 Å². The van der Waals surface area contributed by atoms with E-state index in [1.807, 2.05) is 0 Å². The Balaban J connectivity index is 0.000000878. The minimum atomic E-state index is -0.814. The number of piperidine rings is 1. The van der Waals surface area contributed by atoms with E-state index in [1.54, 1.807) is 0 Å². The predicted octanol–water partition coefficient (Wildman–Crippen LogP) is 0.0397. The smallest absolute Gasteiger partial charge is 0.290 e. The van der Waals surface area contributed by atoms with Crippen LogP contribution < -0.4 is 5.32 Å². The van der Waals surface area contributed by atoms with Crippen molar-refractivity contribution < 1.29 is 33.7 Å². The molecular weight excluding hydrogens is 373 g/mol. The van der Waals surface area contributed by atoms with Gasteiger partial charge in [0.25, 0.3) is 12.4 Å². The van der Waals surface area contributed by atoms with Crippen molar-refractivity contribution in [3.8, 4) is 0 Å². The molecule has 0 saturated carbocycles. The van der Waals surface area contributed by atoms with Gasteiger partial charge in [-0.3, -0.25) is 19.4 Å². The van der Waals surface area contributed by atoms with Gasteiger partial charge in [-0.1, -0.05) is 0 Å². The Morgan fingerprint density at radius 1 is 1.32 bits per heavy atom. The van der Waals surface area contributed by atoms with Crippen molar-refractivity contribution in [2.75, 3.05) is 26.3 Å². The Hall–Kier alpha value is -2.59. The van der Waals surface area contributed by atoms with Crippen molar-refractivity contribution in [2.45, 2.75) is 31.4 Å². The number of pyridine rings is 1. The molecule has 0 unspecified atom stereocenters. The molecule has 10 heteroatoms. The van der Waals surface area contributed by atoms with Gasteiger partial charge in [0.15, 0.2) is 5.82 Å². The van der Waals surface area contributed by atoms with E-state index in [0.717, 1.165) is 19.0 Å². The van der Waals surface area contributed by atoms with Crippen molar-refractivity contribution in [1.29, 1.82) is 0 Å². The van der Waals surface area contributed by atoms with Gasteiger partial charge in [-0.05, 0) is 25.3 Å². The third-order valence-electron chi connectivity index (χ3n) is 4.77. The van der Waals surface area contributed by atoms with Crippen LogP contribution in [-0.4, -0.2) is 76.8 Å². The molecule has 28 heavy (non-hydrogen) atoms. The highest BCUT2D eigenvalue weighted by molar-refractivity contribution is 5.95. The molecule has 2 amide bonds. The topological polar surface area (TPSA) is 129 Å². The van der Waals surface area contributed by atoms with Crippen LogP contribution in [-0.2, 0) is 14.3 Å². The van der Waals surface area contributed by atoms with Gasteiger partial charge in [0.2, 0.25) is 5.91 Å². The average Bonchev–Trinajstić information content (AvgIpc) is 2.69. The molecular formula is C18H24FN3O6. The fourth-order valence-corrected chi connectivity index (χ4v) is 3.25. The number of hydrogen-bond acceptors (Lipinski definition) is 6. The van der Waals surface area contributed by atoms with Gasteiger partial charge in [-0.2, -0.15) is 0 Å². The summed E-state index contributed by atoms with van der Waals surface area (Å²) in [4.78, 5) is 38.4. The Kier molecular flexibility index (Phi) is 8.27. The molecule has 0 aromatic carbocycles. The van der Waals surface area contributed by atoms with E-state index < -0.39 is 23.7 Å². The molecule has 2 aliphatic heterocycles. The van der Waals surface area contributed by atoms with Crippen LogP contribution >= 0.6 is 0 Å². The number of nitrogens with zero attached hydrogens (tertiary/aromatic N) is 2. The number of rotatable bonds is 3. The summed E-state index contributed by atoms with van der Waals surface area (Å²) in [5.41, 5.74) is -0.0741. The summed E-state index contributed by atoms with van der Waals surface area (Å²) in [6, 6.07) is 1.34. The third kappa shape index (κ3) is 5.70. The van der Waals surface area contributed by atoms with Gasteiger partial charge < -0.3 is 25.2 Å². The third-order valence-corrected chi connectivity index (χ3v) is 4.77. The number of ether oxygens (including phenoxy) is 1. The van der Waals surface area contributed by atoms with Gasteiger partial charge in [-0.25, -0.2) is 4.39 Å². The van der Waals surface area contributed by atoms with Crippen molar-refractivity contribution in [3.63, 3.8) is 0 Å². The SMILES string of the molecule is O=C(NC1CCOCC1)[C@H]1CN(C(=O)c2ccncc2F)CC[C@H]1O.O=CO. The minimum absolute atomic E-state index is 0.0252. The fourth-order valence-electron chi connectivity index (χ4n) is 3.25. The average molecular weight is 397 g/mol. The molecule has 0 aliphatic carbocycles. The lowest BCUT2D eigenvalue weighted by atomic mass is 9.92. The first kappa shape index (κ1) is 21.7.